The van der Waals surface area contributed by atoms with Gasteiger partial charge in [0.05, 0.1) is 12.1 Å². The van der Waals surface area contributed by atoms with Crippen LogP contribution in [0.25, 0.3) is 0 Å². The number of carbonyl (C=O) groups excluding carboxylic acids is 1. The Bertz CT molecular complexity index is 1350. The fraction of sp³-hybridized carbons (Fsp3) is 0.167. The molecule has 32 heavy (non-hydrogen) atoms. The van der Waals surface area contributed by atoms with Gasteiger partial charge >= 0.3 is 17.7 Å². The molecule has 0 fully saturated rings. The number of nitrogens with zero attached hydrogens (tertiary/aromatic N) is 1. The Morgan fingerprint density at radius 3 is 2.44 bits per heavy atom. The van der Waals surface area contributed by atoms with Crippen molar-refractivity contribution < 1.29 is 22.7 Å². The molecular weight excluding hydrogens is 439 g/mol. The third-order valence-electron chi connectivity index (χ3n) is 4.13. The third kappa shape index (κ3) is 5.41. The van der Waals surface area contributed by atoms with Crippen LogP contribution in [-0.2, 0) is 13.1 Å². The van der Waals surface area contributed by atoms with Crippen molar-refractivity contribution in [3.63, 3.8) is 0 Å². The van der Waals surface area contributed by atoms with Crippen LogP contribution in [0.5, 0.6) is 5.75 Å². The highest BCUT2D eigenvalue weighted by Crippen LogP contribution is 2.26. The van der Waals surface area contributed by atoms with Crippen LogP contribution in [0.4, 0.5) is 13.2 Å². The average molecular weight is 453 g/mol. The molecule has 0 atom stereocenters. The summed E-state index contributed by atoms with van der Waals surface area (Å²) in [4.78, 5) is 65.9. The van der Waals surface area contributed by atoms with Crippen molar-refractivity contribution in [2.45, 2.75) is 19.5 Å². The van der Waals surface area contributed by atoms with E-state index in [4.69, 9.17) is 0 Å². The summed E-state index contributed by atoms with van der Waals surface area (Å²) in [5.41, 5.74) is -4.04. The molecule has 0 aliphatic carbocycles. The Hall–Kier alpha value is -4.36. The zero-order chi connectivity index (χ0) is 23.5. The van der Waals surface area contributed by atoms with Crippen molar-refractivity contribution in [3.8, 4) is 5.75 Å². The summed E-state index contributed by atoms with van der Waals surface area (Å²) in [6.07, 6.45) is -3.89. The lowest BCUT2D eigenvalue weighted by Gasteiger charge is -2.13. The van der Waals surface area contributed by atoms with E-state index >= 15 is 0 Å². The summed E-state index contributed by atoms with van der Waals surface area (Å²) in [7, 11) is 0. The molecule has 0 saturated heterocycles. The minimum Gasteiger partial charge on any atom is -0.405 e. The van der Waals surface area contributed by atoms with Crippen molar-refractivity contribution in [1.29, 1.82) is 0 Å². The number of aromatic amines is 3. The van der Waals surface area contributed by atoms with Gasteiger partial charge in [-0.1, -0.05) is 18.2 Å². The van der Waals surface area contributed by atoms with Gasteiger partial charge in [-0.25, -0.2) is 9.59 Å². The van der Waals surface area contributed by atoms with Gasteiger partial charge in [-0.05, 0) is 6.07 Å². The lowest BCUT2D eigenvalue weighted by Crippen LogP contribution is -2.39. The Balaban J connectivity index is 1.78. The molecule has 4 N–H and O–H groups in total. The Kier molecular flexibility index (Phi) is 6.13. The van der Waals surface area contributed by atoms with E-state index in [9.17, 15) is 37.1 Å². The SMILES string of the molecule is O=C(NCc1ccccc1OC(F)(F)F)c1cc(=O)n(Cc2c[nH]c(=O)[nH]c2=O)c(=O)[nH]1. The molecule has 2 heterocycles. The molecule has 1 amide bonds. The smallest absolute Gasteiger partial charge is 0.405 e. The summed E-state index contributed by atoms with van der Waals surface area (Å²) in [6.45, 7) is -0.868. The predicted molar refractivity (Wildman–Crippen MR) is 102 cm³/mol. The predicted octanol–water partition coefficient (Wildman–Crippen LogP) is -0.210. The largest absolute Gasteiger partial charge is 0.573 e. The number of benzene rings is 1. The van der Waals surface area contributed by atoms with E-state index < -0.39 is 52.8 Å². The highest BCUT2D eigenvalue weighted by atomic mass is 19.4. The molecule has 0 radical (unpaired) electrons. The van der Waals surface area contributed by atoms with Gasteiger partial charge in [0.25, 0.3) is 17.0 Å². The van der Waals surface area contributed by atoms with E-state index in [-0.39, 0.29) is 17.7 Å². The number of nitrogens with one attached hydrogen (secondary N) is 4. The fourth-order valence-corrected chi connectivity index (χ4v) is 2.66. The fourth-order valence-electron chi connectivity index (χ4n) is 2.66. The van der Waals surface area contributed by atoms with E-state index in [0.717, 1.165) is 18.3 Å². The number of aromatic nitrogens is 4. The summed E-state index contributed by atoms with van der Waals surface area (Å²) >= 11 is 0. The van der Waals surface area contributed by atoms with Crippen LogP contribution >= 0.6 is 0 Å². The van der Waals surface area contributed by atoms with E-state index in [1.54, 1.807) is 0 Å². The van der Waals surface area contributed by atoms with Crippen LogP contribution in [0, 0.1) is 0 Å². The van der Waals surface area contributed by atoms with Gasteiger partial charge in [0.2, 0.25) is 0 Å². The summed E-state index contributed by atoms with van der Waals surface area (Å²) < 4.78 is 42.0. The van der Waals surface area contributed by atoms with Gasteiger partial charge in [-0.2, -0.15) is 0 Å². The summed E-state index contributed by atoms with van der Waals surface area (Å²) in [6, 6.07) is 5.90. The number of hydrogen-bond acceptors (Lipinski definition) is 6. The highest BCUT2D eigenvalue weighted by molar-refractivity contribution is 5.92. The van der Waals surface area contributed by atoms with Gasteiger partial charge < -0.3 is 20.0 Å². The second-order valence-electron chi connectivity index (χ2n) is 6.35. The molecule has 14 heteroatoms. The van der Waals surface area contributed by atoms with Crippen LogP contribution in [0.1, 0.15) is 21.6 Å². The molecule has 0 bridgehead atoms. The van der Waals surface area contributed by atoms with Gasteiger partial charge in [0, 0.05) is 24.4 Å². The first-order valence-electron chi connectivity index (χ1n) is 8.80. The summed E-state index contributed by atoms with van der Waals surface area (Å²) in [5, 5.41) is 2.28. The van der Waals surface area contributed by atoms with Crippen LogP contribution in [-0.4, -0.2) is 31.8 Å². The number of H-pyrrole nitrogens is 3. The van der Waals surface area contributed by atoms with Gasteiger partial charge in [0.1, 0.15) is 11.4 Å². The number of carbonyl (C=O) groups is 1. The van der Waals surface area contributed by atoms with Crippen molar-refractivity contribution in [2.24, 2.45) is 0 Å². The molecule has 1 aromatic carbocycles. The molecule has 2 aromatic heterocycles. The minimum atomic E-state index is -4.93. The molecule has 168 valence electrons. The highest BCUT2D eigenvalue weighted by Gasteiger charge is 2.32. The van der Waals surface area contributed by atoms with E-state index in [2.05, 4.69) is 20.0 Å². The molecule has 0 aliphatic heterocycles. The average Bonchev–Trinajstić information content (AvgIpc) is 2.70. The van der Waals surface area contributed by atoms with E-state index in [1.165, 1.54) is 18.2 Å². The van der Waals surface area contributed by atoms with Crippen molar-refractivity contribution >= 4 is 5.91 Å². The maximum atomic E-state index is 12.5. The van der Waals surface area contributed by atoms with Crippen molar-refractivity contribution in [2.75, 3.05) is 0 Å². The zero-order valence-corrected chi connectivity index (χ0v) is 15.9. The maximum absolute atomic E-state index is 12.5. The Morgan fingerprint density at radius 2 is 1.78 bits per heavy atom. The van der Waals surface area contributed by atoms with Crippen molar-refractivity contribution in [3.05, 3.63) is 95.0 Å². The van der Waals surface area contributed by atoms with Gasteiger partial charge in [-0.3, -0.25) is 23.9 Å². The number of hydrogen-bond donors (Lipinski definition) is 4. The van der Waals surface area contributed by atoms with Gasteiger partial charge in [-0.15, -0.1) is 13.2 Å². The van der Waals surface area contributed by atoms with Crippen LogP contribution < -0.4 is 32.6 Å². The zero-order valence-electron chi connectivity index (χ0n) is 15.9. The number of alkyl halides is 3. The molecule has 0 unspecified atom stereocenters. The number of ether oxygens (including phenoxy) is 1. The second-order valence-corrected chi connectivity index (χ2v) is 6.35. The second kappa shape index (κ2) is 8.79. The molecule has 0 spiro atoms. The maximum Gasteiger partial charge on any atom is 0.573 e. The lowest BCUT2D eigenvalue weighted by molar-refractivity contribution is -0.274. The van der Waals surface area contributed by atoms with Crippen molar-refractivity contribution in [1.82, 2.24) is 24.8 Å². The molecule has 0 saturated carbocycles. The third-order valence-corrected chi connectivity index (χ3v) is 4.13. The van der Waals surface area contributed by atoms with Crippen LogP contribution in [0.3, 0.4) is 0 Å². The van der Waals surface area contributed by atoms with Gasteiger partial charge in [0.15, 0.2) is 0 Å². The number of rotatable bonds is 6. The number of halogens is 3. The first kappa shape index (κ1) is 22.3. The molecule has 3 aromatic rings. The quantitative estimate of drug-likeness (QED) is 0.404. The lowest BCUT2D eigenvalue weighted by atomic mass is 10.2. The minimum absolute atomic E-state index is 0.00570. The normalized spacial score (nSPS) is 11.2. The molecule has 11 nitrogen and oxygen atoms in total. The van der Waals surface area contributed by atoms with E-state index in [0.29, 0.717) is 4.57 Å². The molecule has 0 aliphatic rings. The Labute approximate surface area is 174 Å². The molecule has 3 rings (SSSR count). The monoisotopic (exact) mass is 453 g/mol. The molecular formula is C18H14F3N5O6. The van der Waals surface area contributed by atoms with E-state index in [1.807, 2.05) is 4.98 Å². The van der Waals surface area contributed by atoms with Crippen LogP contribution in [0.15, 0.2) is 55.7 Å². The number of para-hydroxylation sites is 1. The Morgan fingerprint density at radius 1 is 1.06 bits per heavy atom. The first-order valence-corrected chi connectivity index (χ1v) is 8.80. The summed E-state index contributed by atoms with van der Waals surface area (Å²) in [5.74, 6) is -1.45. The van der Waals surface area contributed by atoms with Crippen LogP contribution in [0.2, 0.25) is 0 Å². The standard InChI is InChI=1S/C18H14F3N5O6/c19-18(20,21)32-12-4-2-1-3-9(12)6-22-15(29)11-5-13(27)26(17(31)24-11)8-10-7-23-16(30)25-14(10)28/h1-5,7H,6,8H2,(H,22,29)(H,24,31)(H2,23,25,28,30). The number of amides is 1. The topological polar surface area (TPSA) is 159 Å². The first-order chi connectivity index (χ1) is 15.0.